The summed E-state index contributed by atoms with van der Waals surface area (Å²) in [7, 11) is 1.61. The van der Waals surface area contributed by atoms with E-state index in [1.54, 1.807) is 23.1 Å². The number of hydrogen-bond donors (Lipinski definition) is 1. The molecular formula is C18H18N2O3S. The maximum absolute atomic E-state index is 11.6. The molecule has 0 aliphatic heterocycles. The van der Waals surface area contributed by atoms with E-state index in [4.69, 9.17) is 4.74 Å². The van der Waals surface area contributed by atoms with E-state index in [2.05, 4.69) is 5.10 Å². The Kier molecular flexibility index (Phi) is 4.40. The molecule has 2 heterocycles. The fourth-order valence-corrected chi connectivity index (χ4v) is 3.61. The van der Waals surface area contributed by atoms with Gasteiger partial charge in [-0.3, -0.25) is 0 Å². The molecule has 5 nitrogen and oxygen atoms in total. The van der Waals surface area contributed by atoms with Gasteiger partial charge in [0.25, 0.3) is 0 Å². The van der Waals surface area contributed by atoms with Crippen LogP contribution in [0.1, 0.15) is 27.9 Å². The fourth-order valence-electron chi connectivity index (χ4n) is 2.68. The monoisotopic (exact) mass is 342 g/mol. The number of ether oxygens (including phenoxy) is 1. The van der Waals surface area contributed by atoms with Gasteiger partial charge in [0.15, 0.2) is 5.69 Å². The summed E-state index contributed by atoms with van der Waals surface area (Å²) in [5.41, 5.74) is 2.51. The van der Waals surface area contributed by atoms with Crippen LogP contribution >= 0.6 is 11.3 Å². The van der Waals surface area contributed by atoms with Gasteiger partial charge >= 0.3 is 5.97 Å². The van der Waals surface area contributed by atoms with E-state index in [0.717, 1.165) is 27.6 Å². The predicted octanol–water partition coefficient (Wildman–Crippen LogP) is 4.18. The lowest BCUT2D eigenvalue weighted by Gasteiger charge is -2.08. The number of carbonyl (C=O) groups is 1. The van der Waals surface area contributed by atoms with Crippen LogP contribution in [-0.2, 0) is 6.42 Å². The molecule has 3 rings (SSSR count). The van der Waals surface area contributed by atoms with Crippen LogP contribution in [0.15, 0.2) is 36.4 Å². The summed E-state index contributed by atoms with van der Waals surface area (Å²) in [5.74, 6) is -0.262. The zero-order valence-corrected chi connectivity index (χ0v) is 14.6. The van der Waals surface area contributed by atoms with Crippen molar-refractivity contribution in [3.8, 4) is 22.0 Å². The van der Waals surface area contributed by atoms with Gasteiger partial charge in [-0.15, -0.1) is 11.3 Å². The number of carboxylic acid groups (broad SMARTS) is 1. The van der Waals surface area contributed by atoms with Crippen molar-refractivity contribution in [2.45, 2.75) is 20.3 Å². The summed E-state index contributed by atoms with van der Waals surface area (Å²) in [5, 5.41) is 13.9. The molecular weight excluding hydrogens is 324 g/mol. The number of nitrogens with zero attached hydrogens (tertiary/aromatic N) is 2. The van der Waals surface area contributed by atoms with Gasteiger partial charge in [0.1, 0.15) is 5.75 Å². The van der Waals surface area contributed by atoms with Crippen LogP contribution in [0.3, 0.4) is 0 Å². The van der Waals surface area contributed by atoms with Crippen LogP contribution in [0.4, 0.5) is 0 Å². The lowest BCUT2D eigenvalue weighted by Crippen LogP contribution is -2.02. The largest absolute Gasteiger partial charge is 0.497 e. The van der Waals surface area contributed by atoms with Crippen LogP contribution in [0.5, 0.6) is 5.75 Å². The maximum Gasteiger partial charge on any atom is 0.356 e. The molecule has 0 saturated carbocycles. The summed E-state index contributed by atoms with van der Waals surface area (Å²) >= 11 is 1.63. The highest BCUT2D eigenvalue weighted by atomic mass is 32.1. The van der Waals surface area contributed by atoms with Crippen molar-refractivity contribution in [1.29, 1.82) is 0 Å². The van der Waals surface area contributed by atoms with Gasteiger partial charge in [0.05, 0.1) is 23.4 Å². The van der Waals surface area contributed by atoms with Crippen LogP contribution in [0.25, 0.3) is 16.3 Å². The van der Waals surface area contributed by atoms with E-state index in [1.165, 1.54) is 4.88 Å². The minimum absolute atomic E-state index is 0.106. The molecule has 0 radical (unpaired) electrons. The first kappa shape index (κ1) is 16.3. The molecule has 0 fully saturated rings. The minimum Gasteiger partial charge on any atom is -0.497 e. The summed E-state index contributed by atoms with van der Waals surface area (Å²) in [6.07, 6.45) is 0.601. The summed E-state index contributed by atoms with van der Waals surface area (Å²) in [6, 6.07) is 11.5. The Bertz CT molecular complexity index is 878. The third-order valence-electron chi connectivity index (χ3n) is 3.83. The van der Waals surface area contributed by atoms with Gasteiger partial charge in [-0.05, 0) is 49.7 Å². The molecule has 0 atom stereocenters. The quantitative estimate of drug-likeness (QED) is 0.755. The summed E-state index contributed by atoms with van der Waals surface area (Å²) in [6.45, 7) is 3.98. The SMILES string of the molecule is CCc1c(C(=O)O)nn(-c2ccc(OC)cc2)c1-c1ccc(C)s1. The number of rotatable bonds is 5. The first-order chi connectivity index (χ1) is 11.5. The first-order valence-corrected chi connectivity index (χ1v) is 8.43. The van der Waals surface area contributed by atoms with E-state index in [0.29, 0.717) is 6.42 Å². The normalized spacial score (nSPS) is 10.8. The van der Waals surface area contributed by atoms with E-state index in [9.17, 15) is 9.90 Å². The van der Waals surface area contributed by atoms with Crippen molar-refractivity contribution in [2.24, 2.45) is 0 Å². The van der Waals surface area contributed by atoms with Crippen molar-refractivity contribution < 1.29 is 14.6 Å². The van der Waals surface area contributed by atoms with Crippen molar-refractivity contribution in [3.63, 3.8) is 0 Å². The second kappa shape index (κ2) is 6.49. The van der Waals surface area contributed by atoms with E-state index in [-0.39, 0.29) is 5.69 Å². The van der Waals surface area contributed by atoms with Gasteiger partial charge in [-0.2, -0.15) is 5.10 Å². The molecule has 0 spiro atoms. The Morgan fingerprint density at radius 3 is 2.46 bits per heavy atom. The Morgan fingerprint density at radius 2 is 1.96 bits per heavy atom. The Balaban J connectivity index is 2.25. The van der Waals surface area contributed by atoms with Crippen LogP contribution in [-0.4, -0.2) is 28.0 Å². The minimum atomic E-state index is -1.01. The second-order valence-corrected chi connectivity index (χ2v) is 6.64. The molecule has 1 aromatic carbocycles. The predicted molar refractivity (Wildman–Crippen MR) is 94.5 cm³/mol. The third kappa shape index (κ3) is 2.80. The van der Waals surface area contributed by atoms with Gasteiger partial charge < -0.3 is 9.84 Å². The smallest absolute Gasteiger partial charge is 0.356 e. The molecule has 0 bridgehead atoms. The van der Waals surface area contributed by atoms with E-state index in [1.807, 2.05) is 50.2 Å². The number of aromatic carboxylic acids is 1. The molecule has 3 aromatic rings. The first-order valence-electron chi connectivity index (χ1n) is 7.61. The molecule has 0 saturated heterocycles. The van der Waals surface area contributed by atoms with Crippen LogP contribution in [0.2, 0.25) is 0 Å². The van der Waals surface area contributed by atoms with Gasteiger partial charge in [-0.1, -0.05) is 6.92 Å². The Morgan fingerprint density at radius 1 is 1.25 bits per heavy atom. The molecule has 2 aromatic heterocycles. The highest BCUT2D eigenvalue weighted by molar-refractivity contribution is 7.15. The Labute approximate surface area is 144 Å². The van der Waals surface area contributed by atoms with E-state index >= 15 is 0 Å². The lowest BCUT2D eigenvalue weighted by molar-refractivity contribution is 0.0689. The fraction of sp³-hybridized carbons (Fsp3) is 0.222. The molecule has 0 aliphatic rings. The number of carboxylic acids is 1. The molecule has 6 heteroatoms. The second-order valence-electron chi connectivity index (χ2n) is 5.35. The lowest BCUT2D eigenvalue weighted by atomic mass is 10.1. The van der Waals surface area contributed by atoms with Gasteiger partial charge in [0, 0.05) is 10.4 Å². The third-order valence-corrected chi connectivity index (χ3v) is 4.84. The van der Waals surface area contributed by atoms with Crippen molar-refractivity contribution in [1.82, 2.24) is 9.78 Å². The highest BCUT2D eigenvalue weighted by Crippen LogP contribution is 2.34. The zero-order chi connectivity index (χ0) is 17.3. The van der Waals surface area contributed by atoms with Gasteiger partial charge in [-0.25, -0.2) is 9.48 Å². The molecule has 0 aliphatic carbocycles. The standard InChI is InChI=1S/C18H18N2O3S/c1-4-14-16(18(21)22)19-20(12-6-8-13(23-3)9-7-12)17(14)15-10-5-11(2)24-15/h5-10H,4H2,1-3H3,(H,21,22). The highest BCUT2D eigenvalue weighted by Gasteiger charge is 2.24. The average Bonchev–Trinajstić information content (AvgIpc) is 3.18. The average molecular weight is 342 g/mol. The molecule has 1 N–H and O–H groups in total. The van der Waals surface area contributed by atoms with Crippen molar-refractivity contribution >= 4 is 17.3 Å². The maximum atomic E-state index is 11.6. The Hall–Kier alpha value is -2.60. The molecule has 124 valence electrons. The topological polar surface area (TPSA) is 64.3 Å². The summed E-state index contributed by atoms with van der Waals surface area (Å²) < 4.78 is 6.91. The number of hydrogen-bond acceptors (Lipinski definition) is 4. The van der Waals surface area contributed by atoms with E-state index < -0.39 is 5.97 Å². The number of aryl methyl sites for hydroxylation is 1. The molecule has 0 unspecified atom stereocenters. The summed E-state index contributed by atoms with van der Waals surface area (Å²) in [4.78, 5) is 13.8. The zero-order valence-electron chi connectivity index (χ0n) is 13.7. The van der Waals surface area contributed by atoms with Crippen molar-refractivity contribution in [3.05, 3.63) is 52.5 Å². The van der Waals surface area contributed by atoms with Crippen LogP contribution < -0.4 is 4.74 Å². The number of methoxy groups -OCH3 is 1. The number of benzene rings is 1. The van der Waals surface area contributed by atoms with Crippen molar-refractivity contribution in [2.75, 3.05) is 7.11 Å². The van der Waals surface area contributed by atoms with Crippen LogP contribution in [0, 0.1) is 6.92 Å². The molecule has 0 amide bonds. The molecule has 24 heavy (non-hydrogen) atoms. The van der Waals surface area contributed by atoms with Gasteiger partial charge in [0.2, 0.25) is 0 Å². The number of thiophene rings is 1. The number of aromatic nitrogens is 2.